The van der Waals surface area contributed by atoms with Crippen molar-refractivity contribution in [1.29, 1.82) is 0 Å². The second-order valence-corrected chi connectivity index (χ2v) is 6.37. The Labute approximate surface area is 157 Å². The zero-order chi connectivity index (χ0) is 18.8. The van der Waals surface area contributed by atoms with Crippen LogP contribution in [0.1, 0.15) is 17.0 Å². The first-order chi connectivity index (χ1) is 13.1. The highest BCUT2D eigenvalue weighted by Crippen LogP contribution is 2.30. The monoisotopic (exact) mass is 360 g/mol. The van der Waals surface area contributed by atoms with Gasteiger partial charge in [0.2, 0.25) is 11.7 Å². The molecule has 0 atom stereocenters. The van der Waals surface area contributed by atoms with E-state index in [-0.39, 0.29) is 0 Å². The molecule has 4 aromatic rings. The molecule has 2 aromatic carbocycles. The van der Waals surface area contributed by atoms with Crippen molar-refractivity contribution in [2.24, 2.45) is 0 Å². The zero-order valence-electron chi connectivity index (χ0n) is 15.5. The van der Waals surface area contributed by atoms with Gasteiger partial charge in [0.15, 0.2) is 0 Å². The van der Waals surface area contributed by atoms with Gasteiger partial charge in [-0.05, 0) is 36.2 Å². The van der Waals surface area contributed by atoms with Crippen LogP contribution in [0.15, 0.2) is 53.1 Å². The number of nitrogens with one attached hydrogen (secondary N) is 1. The topological polar surface area (TPSA) is 73.1 Å². The molecule has 0 aliphatic rings. The van der Waals surface area contributed by atoms with Crippen molar-refractivity contribution >= 4 is 16.7 Å². The normalized spacial score (nSPS) is 10.9. The Bertz CT molecular complexity index is 1100. The van der Waals surface area contributed by atoms with Crippen molar-refractivity contribution < 1.29 is 9.26 Å². The molecule has 0 saturated heterocycles. The lowest BCUT2D eigenvalue weighted by atomic mass is 10.1. The second-order valence-electron chi connectivity index (χ2n) is 6.37. The number of fused-ring (bicyclic) bond motifs is 1. The van der Waals surface area contributed by atoms with Gasteiger partial charge in [-0.3, -0.25) is 0 Å². The summed E-state index contributed by atoms with van der Waals surface area (Å²) in [6, 6.07) is 16.1. The highest BCUT2D eigenvalue weighted by atomic mass is 16.5. The number of hydrogen-bond donors (Lipinski definition) is 1. The van der Waals surface area contributed by atoms with Crippen LogP contribution in [0.5, 0.6) is 5.75 Å². The minimum Gasteiger partial charge on any atom is -0.497 e. The third kappa shape index (κ3) is 3.46. The molecule has 0 saturated carbocycles. The van der Waals surface area contributed by atoms with Gasteiger partial charge in [-0.1, -0.05) is 35.5 Å². The molecule has 0 unspecified atom stereocenters. The zero-order valence-corrected chi connectivity index (χ0v) is 15.5. The Morgan fingerprint density at radius 1 is 1.04 bits per heavy atom. The number of aryl methyl sites for hydroxylation is 2. The summed E-state index contributed by atoms with van der Waals surface area (Å²) in [5.41, 5.74) is 3.98. The van der Waals surface area contributed by atoms with Crippen molar-refractivity contribution in [3.8, 4) is 17.1 Å². The van der Waals surface area contributed by atoms with Crippen molar-refractivity contribution in [3.63, 3.8) is 0 Å². The summed E-state index contributed by atoms with van der Waals surface area (Å²) >= 11 is 0. The lowest BCUT2D eigenvalue weighted by molar-refractivity contribution is 0.394. The minimum absolute atomic E-state index is 0.521. The molecule has 2 heterocycles. The fourth-order valence-corrected chi connectivity index (χ4v) is 3.03. The number of ether oxygens (including phenoxy) is 1. The van der Waals surface area contributed by atoms with Gasteiger partial charge in [0.1, 0.15) is 11.6 Å². The molecule has 0 radical (unpaired) electrons. The second kappa shape index (κ2) is 7.07. The number of benzene rings is 2. The fraction of sp³-hybridized carbons (Fsp3) is 0.190. The van der Waals surface area contributed by atoms with Gasteiger partial charge >= 0.3 is 0 Å². The maximum absolute atomic E-state index is 5.30. The number of para-hydroxylation sites is 1. The predicted octanol–water partition coefficient (Wildman–Crippen LogP) is 4.52. The van der Waals surface area contributed by atoms with Crippen LogP contribution in [-0.2, 0) is 6.54 Å². The van der Waals surface area contributed by atoms with E-state index in [9.17, 15) is 0 Å². The van der Waals surface area contributed by atoms with E-state index in [1.54, 1.807) is 14.0 Å². The van der Waals surface area contributed by atoms with Gasteiger partial charge in [0.25, 0.3) is 0 Å². The summed E-state index contributed by atoms with van der Waals surface area (Å²) in [4.78, 5) is 9.23. The van der Waals surface area contributed by atoms with Gasteiger partial charge in [-0.15, -0.1) is 0 Å². The lowest BCUT2D eigenvalue weighted by Crippen LogP contribution is -2.04. The fourth-order valence-electron chi connectivity index (χ4n) is 3.03. The molecule has 0 fully saturated rings. The first kappa shape index (κ1) is 17.0. The summed E-state index contributed by atoms with van der Waals surface area (Å²) in [5, 5.41) is 8.53. The Hall–Kier alpha value is -3.41. The van der Waals surface area contributed by atoms with Crippen LogP contribution < -0.4 is 10.1 Å². The smallest absolute Gasteiger partial charge is 0.223 e. The third-order valence-electron chi connectivity index (χ3n) is 4.41. The van der Waals surface area contributed by atoms with E-state index in [1.165, 1.54) is 0 Å². The van der Waals surface area contributed by atoms with Gasteiger partial charge < -0.3 is 14.6 Å². The van der Waals surface area contributed by atoms with E-state index >= 15 is 0 Å². The first-order valence-electron chi connectivity index (χ1n) is 8.72. The molecule has 2 aromatic heterocycles. The maximum Gasteiger partial charge on any atom is 0.223 e. The summed E-state index contributed by atoms with van der Waals surface area (Å²) in [6.45, 7) is 4.43. The standard InChI is InChI=1S/C21H20N4O2/c1-13-6-4-8-16-11-18(21-23-14(2)27-25-21)20(24-19(13)16)22-12-15-7-5-9-17(10-15)26-3/h4-11H,12H2,1-3H3,(H,22,24). The number of anilines is 1. The SMILES string of the molecule is COc1cccc(CNc2nc3c(C)cccc3cc2-c2noc(C)n2)c1. The molecule has 27 heavy (non-hydrogen) atoms. The summed E-state index contributed by atoms with van der Waals surface area (Å²) in [7, 11) is 1.66. The number of aromatic nitrogens is 3. The van der Waals surface area contributed by atoms with Gasteiger partial charge in [-0.25, -0.2) is 4.98 Å². The van der Waals surface area contributed by atoms with Crippen LogP contribution in [0.3, 0.4) is 0 Å². The van der Waals surface area contributed by atoms with Crippen LogP contribution in [0.2, 0.25) is 0 Å². The molecule has 6 heteroatoms. The van der Waals surface area contributed by atoms with Gasteiger partial charge in [-0.2, -0.15) is 4.98 Å². The summed E-state index contributed by atoms with van der Waals surface area (Å²) < 4.78 is 10.5. The molecule has 0 aliphatic heterocycles. The number of rotatable bonds is 5. The third-order valence-corrected chi connectivity index (χ3v) is 4.41. The number of nitrogens with zero attached hydrogens (tertiary/aromatic N) is 3. The van der Waals surface area contributed by atoms with Crippen molar-refractivity contribution in [3.05, 3.63) is 65.5 Å². The Kier molecular flexibility index (Phi) is 4.46. The van der Waals surface area contributed by atoms with Crippen LogP contribution >= 0.6 is 0 Å². The molecular formula is C21H20N4O2. The largest absolute Gasteiger partial charge is 0.497 e. The van der Waals surface area contributed by atoms with Crippen molar-refractivity contribution in [2.45, 2.75) is 20.4 Å². The Balaban J connectivity index is 1.75. The van der Waals surface area contributed by atoms with E-state index in [0.717, 1.165) is 39.2 Å². The molecule has 136 valence electrons. The van der Waals surface area contributed by atoms with E-state index in [4.69, 9.17) is 14.2 Å². The first-order valence-corrected chi connectivity index (χ1v) is 8.72. The molecule has 1 N–H and O–H groups in total. The molecule has 0 spiro atoms. The lowest BCUT2D eigenvalue weighted by Gasteiger charge is -2.12. The van der Waals surface area contributed by atoms with Crippen LogP contribution in [0.25, 0.3) is 22.3 Å². The van der Waals surface area contributed by atoms with E-state index < -0.39 is 0 Å². The van der Waals surface area contributed by atoms with E-state index in [2.05, 4.69) is 28.4 Å². The predicted molar refractivity (Wildman–Crippen MR) is 105 cm³/mol. The van der Waals surface area contributed by atoms with Crippen LogP contribution in [-0.4, -0.2) is 22.2 Å². The van der Waals surface area contributed by atoms with Crippen molar-refractivity contribution in [2.75, 3.05) is 12.4 Å². The maximum atomic E-state index is 5.30. The van der Waals surface area contributed by atoms with Crippen LogP contribution in [0, 0.1) is 13.8 Å². The minimum atomic E-state index is 0.521. The van der Waals surface area contributed by atoms with E-state index in [1.807, 2.05) is 42.5 Å². The summed E-state index contributed by atoms with van der Waals surface area (Å²) in [6.07, 6.45) is 0. The van der Waals surface area contributed by atoms with E-state index in [0.29, 0.717) is 18.3 Å². The number of methoxy groups -OCH3 is 1. The molecular weight excluding hydrogens is 340 g/mol. The van der Waals surface area contributed by atoms with Crippen molar-refractivity contribution in [1.82, 2.24) is 15.1 Å². The number of pyridine rings is 1. The van der Waals surface area contributed by atoms with Gasteiger partial charge in [0.05, 0.1) is 18.2 Å². The summed E-state index contributed by atoms with van der Waals surface area (Å²) in [5.74, 6) is 2.59. The molecule has 6 nitrogen and oxygen atoms in total. The molecule has 0 amide bonds. The molecule has 0 aliphatic carbocycles. The average molecular weight is 360 g/mol. The quantitative estimate of drug-likeness (QED) is 0.564. The number of hydrogen-bond acceptors (Lipinski definition) is 6. The van der Waals surface area contributed by atoms with Gasteiger partial charge in [0, 0.05) is 18.9 Å². The highest BCUT2D eigenvalue weighted by Gasteiger charge is 2.15. The Morgan fingerprint density at radius 2 is 1.89 bits per heavy atom. The molecule has 4 rings (SSSR count). The average Bonchev–Trinajstić information content (AvgIpc) is 3.12. The van der Waals surface area contributed by atoms with Crippen LogP contribution in [0.4, 0.5) is 5.82 Å². The molecule has 0 bridgehead atoms. The Morgan fingerprint density at radius 3 is 2.67 bits per heavy atom. The highest BCUT2D eigenvalue weighted by molar-refractivity contribution is 5.89.